The van der Waals surface area contributed by atoms with Gasteiger partial charge in [0.05, 0.1) is 16.8 Å². The molecular formula is C53H34N2O. The van der Waals surface area contributed by atoms with Crippen molar-refractivity contribution in [3.8, 4) is 56.2 Å². The monoisotopic (exact) mass is 714 g/mol. The molecule has 0 bridgehead atoms. The van der Waals surface area contributed by atoms with Gasteiger partial charge in [0.2, 0.25) is 0 Å². The standard InChI is InChI=1S/C53H34N2O/c1-4-15-35(16-5-1)52-54-48(38-18-14-17-36(31-38)37-28-30-51-45(32-37)43-24-11-13-26-50(43)56-51)34-49(55-52)39-27-29-47-44(33-39)42-23-10-12-25-46(42)53(47,40-19-6-2-7-20-40)41-21-8-3-9-22-41/h1-34H. The van der Waals surface area contributed by atoms with Crippen molar-refractivity contribution < 1.29 is 4.42 Å². The fourth-order valence-corrected chi connectivity index (χ4v) is 8.83. The molecule has 262 valence electrons. The highest BCUT2D eigenvalue weighted by Crippen LogP contribution is 2.56. The Balaban J connectivity index is 1.08. The highest BCUT2D eigenvalue weighted by atomic mass is 16.3. The zero-order valence-corrected chi connectivity index (χ0v) is 30.4. The van der Waals surface area contributed by atoms with Crippen LogP contribution in [0.2, 0.25) is 0 Å². The Bertz CT molecular complexity index is 3040. The maximum absolute atomic E-state index is 6.13. The van der Waals surface area contributed by atoms with Crippen LogP contribution in [0.3, 0.4) is 0 Å². The third-order valence-corrected chi connectivity index (χ3v) is 11.4. The van der Waals surface area contributed by atoms with Gasteiger partial charge in [-0.1, -0.05) is 170 Å². The summed E-state index contributed by atoms with van der Waals surface area (Å²) in [6, 6.07) is 73.3. The molecule has 0 radical (unpaired) electrons. The van der Waals surface area contributed by atoms with E-state index < -0.39 is 5.41 Å². The van der Waals surface area contributed by atoms with Crippen molar-refractivity contribution in [2.45, 2.75) is 5.41 Å². The van der Waals surface area contributed by atoms with E-state index in [1.165, 1.54) is 33.4 Å². The number of fused-ring (bicyclic) bond motifs is 6. The van der Waals surface area contributed by atoms with Crippen LogP contribution in [0.4, 0.5) is 0 Å². The maximum atomic E-state index is 6.13. The minimum atomic E-state index is -0.453. The zero-order chi connectivity index (χ0) is 37.1. The van der Waals surface area contributed by atoms with Crippen molar-refractivity contribution in [2.75, 3.05) is 0 Å². The highest BCUT2D eigenvalue weighted by molar-refractivity contribution is 6.06. The van der Waals surface area contributed by atoms with Crippen LogP contribution in [0.5, 0.6) is 0 Å². The second-order valence-corrected chi connectivity index (χ2v) is 14.5. The summed E-state index contributed by atoms with van der Waals surface area (Å²) >= 11 is 0. The first-order chi connectivity index (χ1) is 27.7. The van der Waals surface area contributed by atoms with Crippen LogP contribution in [-0.4, -0.2) is 9.97 Å². The molecule has 10 aromatic rings. The molecule has 3 nitrogen and oxygen atoms in total. The van der Waals surface area contributed by atoms with Gasteiger partial charge in [0, 0.05) is 27.5 Å². The van der Waals surface area contributed by atoms with Crippen LogP contribution >= 0.6 is 0 Å². The van der Waals surface area contributed by atoms with Gasteiger partial charge >= 0.3 is 0 Å². The summed E-state index contributed by atoms with van der Waals surface area (Å²) in [4.78, 5) is 10.5. The molecule has 1 aliphatic rings. The number of hydrogen-bond donors (Lipinski definition) is 0. The third kappa shape index (κ3) is 5.05. The molecule has 0 N–H and O–H groups in total. The summed E-state index contributed by atoms with van der Waals surface area (Å²) in [5, 5.41) is 2.23. The fraction of sp³-hybridized carbons (Fsp3) is 0.0189. The summed E-state index contributed by atoms with van der Waals surface area (Å²) in [6.07, 6.45) is 0. The van der Waals surface area contributed by atoms with Crippen molar-refractivity contribution in [1.29, 1.82) is 0 Å². The second kappa shape index (κ2) is 12.9. The number of rotatable bonds is 6. The summed E-state index contributed by atoms with van der Waals surface area (Å²) in [5.74, 6) is 0.693. The van der Waals surface area contributed by atoms with Crippen molar-refractivity contribution >= 4 is 21.9 Å². The first-order valence-electron chi connectivity index (χ1n) is 19.1. The normalized spacial score (nSPS) is 12.8. The Hall–Kier alpha value is -7.36. The lowest BCUT2D eigenvalue weighted by Crippen LogP contribution is -2.28. The van der Waals surface area contributed by atoms with E-state index in [1.54, 1.807) is 0 Å². The van der Waals surface area contributed by atoms with E-state index in [0.717, 1.165) is 61.1 Å². The molecule has 0 amide bonds. The predicted molar refractivity (Wildman–Crippen MR) is 228 cm³/mol. The predicted octanol–water partition coefficient (Wildman–Crippen LogP) is 13.4. The molecule has 8 aromatic carbocycles. The molecular weight excluding hydrogens is 681 g/mol. The van der Waals surface area contributed by atoms with E-state index in [2.05, 4.69) is 176 Å². The Labute approximate surface area is 325 Å². The molecule has 0 atom stereocenters. The molecule has 0 spiro atoms. The summed E-state index contributed by atoms with van der Waals surface area (Å²) in [5.41, 5.74) is 15.9. The number of benzene rings is 8. The number of nitrogens with zero attached hydrogens (tertiary/aromatic N) is 2. The van der Waals surface area contributed by atoms with Crippen molar-refractivity contribution in [3.63, 3.8) is 0 Å². The van der Waals surface area contributed by atoms with Crippen molar-refractivity contribution in [3.05, 3.63) is 229 Å². The van der Waals surface area contributed by atoms with Gasteiger partial charge < -0.3 is 4.42 Å². The van der Waals surface area contributed by atoms with Crippen LogP contribution in [-0.2, 0) is 5.41 Å². The van der Waals surface area contributed by atoms with Gasteiger partial charge in [-0.25, -0.2) is 9.97 Å². The molecule has 0 fully saturated rings. The van der Waals surface area contributed by atoms with Crippen LogP contribution in [0.1, 0.15) is 22.3 Å². The SMILES string of the molecule is c1ccc(-c2nc(-c3cccc(-c4ccc5oc6ccccc6c5c4)c3)cc(-c3ccc4c(c3)-c3ccccc3C4(c3ccccc3)c3ccccc3)n2)cc1. The largest absolute Gasteiger partial charge is 0.456 e. The van der Waals surface area contributed by atoms with Crippen LogP contribution in [0, 0.1) is 0 Å². The molecule has 0 saturated carbocycles. The topological polar surface area (TPSA) is 38.9 Å². The Morgan fingerprint density at radius 1 is 0.339 bits per heavy atom. The van der Waals surface area contributed by atoms with E-state index in [0.29, 0.717) is 5.82 Å². The lowest BCUT2D eigenvalue weighted by atomic mass is 9.67. The van der Waals surface area contributed by atoms with Crippen molar-refractivity contribution in [1.82, 2.24) is 9.97 Å². The summed E-state index contributed by atoms with van der Waals surface area (Å²) in [6.45, 7) is 0. The van der Waals surface area contributed by atoms with E-state index in [1.807, 2.05) is 30.3 Å². The molecule has 0 aliphatic heterocycles. The Kier molecular flexibility index (Phi) is 7.39. The van der Waals surface area contributed by atoms with E-state index >= 15 is 0 Å². The Morgan fingerprint density at radius 2 is 0.893 bits per heavy atom. The average molecular weight is 715 g/mol. The Morgan fingerprint density at radius 3 is 1.66 bits per heavy atom. The van der Waals surface area contributed by atoms with E-state index in [9.17, 15) is 0 Å². The van der Waals surface area contributed by atoms with Gasteiger partial charge in [0.1, 0.15) is 11.2 Å². The van der Waals surface area contributed by atoms with Crippen molar-refractivity contribution in [2.24, 2.45) is 0 Å². The number of para-hydroxylation sites is 1. The van der Waals surface area contributed by atoms with Crippen LogP contribution in [0.25, 0.3) is 78.1 Å². The molecule has 0 saturated heterocycles. The van der Waals surface area contributed by atoms with E-state index in [4.69, 9.17) is 14.4 Å². The minimum Gasteiger partial charge on any atom is -0.456 e. The molecule has 1 aliphatic carbocycles. The first kappa shape index (κ1) is 32.1. The lowest BCUT2D eigenvalue weighted by Gasteiger charge is -2.33. The average Bonchev–Trinajstić information content (AvgIpc) is 3.80. The van der Waals surface area contributed by atoms with Crippen LogP contribution in [0.15, 0.2) is 211 Å². The van der Waals surface area contributed by atoms with Gasteiger partial charge in [-0.3, -0.25) is 0 Å². The van der Waals surface area contributed by atoms with Gasteiger partial charge in [-0.15, -0.1) is 0 Å². The third-order valence-electron chi connectivity index (χ3n) is 11.4. The van der Waals surface area contributed by atoms with Gasteiger partial charge in [-0.2, -0.15) is 0 Å². The minimum absolute atomic E-state index is 0.453. The summed E-state index contributed by atoms with van der Waals surface area (Å²) in [7, 11) is 0. The molecule has 56 heavy (non-hydrogen) atoms. The van der Waals surface area contributed by atoms with Gasteiger partial charge in [-0.05, 0) is 80.9 Å². The maximum Gasteiger partial charge on any atom is 0.160 e. The van der Waals surface area contributed by atoms with E-state index in [-0.39, 0.29) is 0 Å². The highest BCUT2D eigenvalue weighted by Gasteiger charge is 2.46. The molecule has 3 heteroatoms. The lowest BCUT2D eigenvalue weighted by molar-refractivity contribution is 0.669. The molecule has 11 rings (SSSR count). The molecule has 2 heterocycles. The second-order valence-electron chi connectivity index (χ2n) is 14.5. The summed E-state index contributed by atoms with van der Waals surface area (Å²) < 4.78 is 6.13. The molecule has 2 aromatic heterocycles. The number of furan rings is 1. The first-order valence-corrected chi connectivity index (χ1v) is 19.1. The fourth-order valence-electron chi connectivity index (χ4n) is 8.83. The number of hydrogen-bond acceptors (Lipinski definition) is 3. The molecule has 0 unspecified atom stereocenters. The number of aromatic nitrogens is 2. The van der Waals surface area contributed by atoms with Gasteiger partial charge in [0.25, 0.3) is 0 Å². The van der Waals surface area contributed by atoms with Crippen LogP contribution < -0.4 is 0 Å². The quantitative estimate of drug-likeness (QED) is 0.172. The zero-order valence-electron chi connectivity index (χ0n) is 30.4. The smallest absolute Gasteiger partial charge is 0.160 e. The van der Waals surface area contributed by atoms with Gasteiger partial charge in [0.15, 0.2) is 5.82 Å².